The van der Waals surface area contributed by atoms with Crippen LogP contribution in [0, 0.1) is 0 Å². The monoisotopic (exact) mass is 467 g/mol. The van der Waals surface area contributed by atoms with Gasteiger partial charge in [-0.1, -0.05) is 45.9 Å². The van der Waals surface area contributed by atoms with E-state index in [2.05, 4.69) is 66.8 Å². The Labute approximate surface area is 207 Å². The average molecular weight is 468 g/mol. The Morgan fingerprint density at radius 1 is 0.882 bits per heavy atom. The van der Waals surface area contributed by atoms with Crippen LogP contribution in [0.1, 0.15) is 108 Å². The summed E-state index contributed by atoms with van der Waals surface area (Å²) >= 11 is 0. The van der Waals surface area contributed by atoms with E-state index >= 15 is 0 Å². The molecule has 0 atom stereocenters. The van der Waals surface area contributed by atoms with E-state index in [0.29, 0.717) is 18.0 Å². The normalized spacial score (nSPS) is 12.0. The highest BCUT2D eigenvalue weighted by Gasteiger charge is 2.21. The molecule has 2 aromatic carbocycles. The number of amides is 1. The molecule has 2 aromatic rings. The van der Waals surface area contributed by atoms with Crippen LogP contribution in [0.3, 0.4) is 0 Å². The minimum atomic E-state index is -0.243. The lowest BCUT2D eigenvalue weighted by Gasteiger charge is -2.29. The summed E-state index contributed by atoms with van der Waals surface area (Å²) in [4.78, 5) is 12.4. The van der Waals surface area contributed by atoms with Crippen molar-refractivity contribution in [2.24, 2.45) is 0 Å². The number of hydrogen-bond donors (Lipinski definition) is 1. The van der Waals surface area contributed by atoms with Crippen LogP contribution in [0.25, 0.3) is 0 Å². The molecule has 0 spiro atoms. The van der Waals surface area contributed by atoms with E-state index in [-0.39, 0.29) is 17.1 Å². The van der Waals surface area contributed by atoms with Gasteiger partial charge in [-0.25, -0.2) is 0 Å². The van der Waals surface area contributed by atoms with Crippen molar-refractivity contribution >= 4 is 5.91 Å². The van der Waals surface area contributed by atoms with E-state index in [9.17, 15) is 4.79 Å². The van der Waals surface area contributed by atoms with Crippen LogP contribution < -0.4 is 14.8 Å². The van der Waals surface area contributed by atoms with Gasteiger partial charge in [-0.2, -0.15) is 0 Å². The van der Waals surface area contributed by atoms with Gasteiger partial charge in [0.1, 0.15) is 22.7 Å². The smallest absolute Gasteiger partial charge is 0.251 e. The maximum atomic E-state index is 12.4. The lowest BCUT2D eigenvalue weighted by molar-refractivity contribution is 0.0942. The Morgan fingerprint density at radius 2 is 1.50 bits per heavy atom. The Morgan fingerprint density at radius 3 is 2.09 bits per heavy atom. The predicted molar refractivity (Wildman–Crippen MR) is 142 cm³/mol. The summed E-state index contributed by atoms with van der Waals surface area (Å²) in [5.41, 5.74) is 2.68. The van der Waals surface area contributed by atoms with Crippen LogP contribution in [-0.2, 0) is 6.42 Å². The Bertz CT molecular complexity index is 913. The summed E-state index contributed by atoms with van der Waals surface area (Å²) in [7, 11) is 0. The highest BCUT2D eigenvalue weighted by atomic mass is 16.5. The third-order valence-electron chi connectivity index (χ3n) is 6.52. The number of rotatable bonds is 13. The second-order valence-corrected chi connectivity index (χ2v) is 10.7. The standard InChI is InChI=1S/C30H45NO3/c1-9-29(5,6)33-26-19-18-24(27(21-26)34-30(7,8)10-2)13-11-12-20-31-28(32)25-16-14-23(15-17-25)22(3)4/h14-19,21-22H,9-13,20H2,1-8H3,(H,31,32). The summed E-state index contributed by atoms with van der Waals surface area (Å²) in [6, 6.07) is 14.1. The van der Waals surface area contributed by atoms with Gasteiger partial charge in [-0.3, -0.25) is 4.79 Å². The Balaban J connectivity index is 1.95. The van der Waals surface area contributed by atoms with Gasteiger partial charge in [0.15, 0.2) is 0 Å². The van der Waals surface area contributed by atoms with E-state index < -0.39 is 0 Å². The SMILES string of the molecule is CCC(C)(C)Oc1ccc(CCCCNC(=O)c2ccc(C(C)C)cc2)c(OC(C)(C)CC)c1. The molecule has 0 aromatic heterocycles. The first-order valence-electron chi connectivity index (χ1n) is 12.9. The van der Waals surface area contributed by atoms with Crippen LogP contribution in [0.5, 0.6) is 11.5 Å². The zero-order valence-electron chi connectivity index (χ0n) is 22.6. The maximum absolute atomic E-state index is 12.4. The zero-order chi connectivity index (χ0) is 25.4. The fourth-order valence-electron chi connectivity index (χ4n) is 3.42. The number of hydrogen-bond acceptors (Lipinski definition) is 3. The molecule has 0 saturated heterocycles. The lowest BCUT2D eigenvalue weighted by Crippen LogP contribution is -2.28. The molecule has 0 saturated carbocycles. The van der Waals surface area contributed by atoms with E-state index in [0.717, 1.165) is 43.6 Å². The van der Waals surface area contributed by atoms with E-state index in [1.807, 2.05) is 36.4 Å². The molecule has 188 valence electrons. The van der Waals surface area contributed by atoms with Gasteiger partial charge in [0.05, 0.1) is 0 Å². The first-order valence-corrected chi connectivity index (χ1v) is 12.9. The van der Waals surface area contributed by atoms with Crippen molar-refractivity contribution in [1.82, 2.24) is 5.32 Å². The molecule has 1 amide bonds. The van der Waals surface area contributed by atoms with Crippen molar-refractivity contribution in [2.75, 3.05) is 6.54 Å². The maximum Gasteiger partial charge on any atom is 0.251 e. The van der Waals surface area contributed by atoms with Crippen LogP contribution in [0.15, 0.2) is 42.5 Å². The van der Waals surface area contributed by atoms with E-state index in [4.69, 9.17) is 9.47 Å². The highest BCUT2D eigenvalue weighted by Crippen LogP contribution is 2.32. The number of nitrogens with one attached hydrogen (secondary N) is 1. The summed E-state index contributed by atoms with van der Waals surface area (Å²) in [6.07, 6.45) is 4.62. The number of carbonyl (C=O) groups excluding carboxylic acids is 1. The lowest BCUT2D eigenvalue weighted by atomic mass is 10.0. The molecule has 2 rings (SSSR count). The second-order valence-electron chi connectivity index (χ2n) is 10.7. The van der Waals surface area contributed by atoms with Crippen molar-refractivity contribution in [3.63, 3.8) is 0 Å². The molecule has 0 bridgehead atoms. The molecule has 4 nitrogen and oxygen atoms in total. The second kappa shape index (κ2) is 12.3. The molecule has 0 aliphatic heterocycles. The van der Waals surface area contributed by atoms with Crippen LogP contribution >= 0.6 is 0 Å². The minimum Gasteiger partial charge on any atom is -0.488 e. The molecule has 0 unspecified atom stereocenters. The van der Waals surface area contributed by atoms with Crippen molar-refractivity contribution in [1.29, 1.82) is 0 Å². The number of ether oxygens (including phenoxy) is 2. The Kier molecular flexibility index (Phi) is 10.0. The minimum absolute atomic E-state index is 0.0101. The van der Waals surface area contributed by atoms with Crippen molar-refractivity contribution in [2.45, 2.75) is 105 Å². The van der Waals surface area contributed by atoms with Crippen LogP contribution in [-0.4, -0.2) is 23.7 Å². The van der Waals surface area contributed by atoms with Gasteiger partial charge in [-0.15, -0.1) is 0 Å². The number of unbranched alkanes of at least 4 members (excludes halogenated alkanes) is 1. The number of benzene rings is 2. The summed E-state index contributed by atoms with van der Waals surface area (Å²) in [5.74, 6) is 2.19. The summed E-state index contributed by atoms with van der Waals surface area (Å²) < 4.78 is 12.6. The fraction of sp³-hybridized carbons (Fsp3) is 0.567. The van der Waals surface area contributed by atoms with E-state index in [1.54, 1.807) is 0 Å². The molecule has 0 heterocycles. The van der Waals surface area contributed by atoms with Gasteiger partial charge < -0.3 is 14.8 Å². The molecule has 34 heavy (non-hydrogen) atoms. The number of aryl methyl sites for hydroxylation is 1. The zero-order valence-corrected chi connectivity index (χ0v) is 22.6. The predicted octanol–water partition coefficient (Wildman–Crippen LogP) is 7.70. The third-order valence-corrected chi connectivity index (χ3v) is 6.52. The highest BCUT2D eigenvalue weighted by molar-refractivity contribution is 5.94. The molecule has 0 radical (unpaired) electrons. The van der Waals surface area contributed by atoms with Gasteiger partial charge in [0, 0.05) is 18.2 Å². The largest absolute Gasteiger partial charge is 0.488 e. The molecular formula is C30H45NO3. The van der Waals surface area contributed by atoms with Crippen LogP contribution in [0.4, 0.5) is 0 Å². The van der Waals surface area contributed by atoms with Crippen molar-refractivity contribution in [3.05, 3.63) is 59.2 Å². The summed E-state index contributed by atoms with van der Waals surface area (Å²) in [5, 5.41) is 3.05. The first kappa shape index (κ1) is 27.8. The third kappa shape index (κ3) is 8.70. The van der Waals surface area contributed by atoms with Gasteiger partial charge in [0.2, 0.25) is 0 Å². The topological polar surface area (TPSA) is 47.6 Å². The quantitative estimate of drug-likeness (QED) is 0.307. The fourth-order valence-corrected chi connectivity index (χ4v) is 3.42. The Hall–Kier alpha value is -2.49. The van der Waals surface area contributed by atoms with Crippen molar-refractivity contribution in [3.8, 4) is 11.5 Å². The van der Waals surface area contributed by atoms with Gasteiger partial charge in [-0.05, 0) is 95.0 Å². The van der Waals surface area contributed by atoms with Crippen molar-refractivity contribution < 1.29 is 14.3 Å². The van der Waals surface area contributed by atoms with Gasteiger partial charge >= 0.3 is 0 Å². The molecule has 0 fully saturated rings. The van der Waals surface area contributed by atoms with Crippen LogP contribution in [0.2, 0.25) is 0 Å². The molecule has 0 aliphatic carbocycles. The molecule has 1 N–H and O–H groups in total. The number of carbonyl (C=O) groups is 1. The average Bonchev–Trinajstić information content (AvgIpc) is 2.79. The molecule has 0 aliphatic rings. The van der Waals surface area contributed by atoms with Gasteiger partial charge in [0.25, 0.3) is 5.91 Å². The summed E-state index contributed by atoms with van der Waals surface area (Å²) in [6.45, 7) is 17.7. The first-order chi connectivity index (χ1) is 16.0. The van der Waals surface area contributed by atoms with E-state index in [1.165, 1.54) is 11.1 Å². The molecule has 4 heteroatoms. The molecular weight excluding hydrogens is 422 g/mol.